The van der Waals surface area contributed by atoms with Crippen molar-refractivity contribution in [3.05, 3.63) is 63.0 Å². The number of hydrogen-bond donors (Lipinski definition) is 4. The molecule has 3 aromatic rings. The summed E-state index contributed by atoms with van der Waals surface area (Å²) in [6, 6.07) is 7.38. The SMILES string of the molecule is Cc1cc2oc(=O)c(C3=NNC(c4ccc(O)cc4O)C3)c(O)c2cc1C. The monoisotopic (exact) mass is 366 g/mol. The summed E-state index contributed by atoms with van der Waals surface area (Å²) in [7, 11) is 0. The van der Waals surface area contributed by atoms with Gasteiger partial charge in [-0.3, -0.25) is 0 Å². The predicted octanol–water partition coefficient (Wildman–Crippen LogP) is 2.97. The maximum absolute atomic E-state index is 12.5. The zero-order chi connectivity index (χ0) is 19.3. The number of rotatable bonds is 2. The minimum absolute atomic E-state index is 0.0130. The first-order chi connectivity index (χ1) is 12.8. The van der Waals surface area contributed by atoms with E-state index in [1.54, 1.807) is 18.2 Å². The molecule has 0 radical (unpaired) electrons. The Morgan fingerprint density at radius 3 is 2.59 bits per heavy atom. The summed E-state index contributed by atoms with van der Waals surface area (Å²) in [4.78, 5) is 12.5. The summed E-state index contributed by atoms with van der Waals surface area (Å²) in [5, 5.41) is 34.8. The summed E-state index contributed by atoms with van der Waals surface area (Å²) in [6.07, 6.45) is 0.271. The molecule has 1 aromatic heterocycles. The molecule has 1 aliphatic rings. The van der Waals surface area contributed by atoms with E-state index in [1.807, 2.05) is 13.8 Å². The number of nitrogens with zero attached hydrogens (tertiary/aromatic N) is 1. The third-order valence-electron chi connectivity index (χ3n) is 4.93. The van der Waals surface area contributed by atoms with Crippen molar-refractivity contribution in [2.75, 3.05) is 0 Å². The number of phenols is 2. The van der Waals surface area contributed by atoms with Gasteiger partial charge in [-0.1, -0.05) is 0 Å². The first kappa shape index (κ1) is 17.0. The molecule has 0 bridgehead atoms. The zero-order valence-electron chi connectivity index (χ0n) is 14.8. The number of aryl methyl sites for hydroxylation is 2. The first-order valence-electron chi connectivity index (χ1n) is 8.46. The van der Waals surface area contributed by atoms with Crippen molar-refractivity contribution in [2.45, 2.75) is 26.3 Å². The molecule has 2 heterocycles. The maximum Gasteiger partial charge on any atom is 0.349 e. The molecule has 0 aliphatic carbocycles. The zero-order valence-corrected chi connectivity index (χ0v) is 14.8. The average molecular weight is 366 g/mol. The molecule has 1 atom stereocenters. The van der Waals surface area contributed by atoms with Crippen molar-refractivity contribution in [1.29, 1.82) is 0 Å². The fourth-order valence-corrected chi connectivity index (χ4v) is 3.30. The largest absolute Gasteiger partial charge is 0.508 e. The van der Waals surface area contributed by atoms with E-state index in [0.29, 0.717) is 22.2 Å². The topological polar surface area (TPSA) is 115 Å². The van der Waals surface area contributed by atoms with Gasteiger partial charge in [-0.2, -0.15) is 5.10 Å². The summed E-state index contributed by atoms with van der Waals surface area (Å²) in [5.74, 6) is -0.292. The van der Waals surface area contributed by atoms with E-state index in [2.05, 4.69) is 10.5 Å². The van der Waals surface area contributed by atoms with Gasteiger partial charge in [0, 0.05) is 18.1 Å². The molecule has 0 amide bonds. The fourth-order valence-electron chi connectivity index (χ4n) is 3.30. The summed E-state index contributed by atoms with van der Waals surface area (Å²) in [5.41, 5.74) is 5.33. The summed E-state index contributed by atoms with van der Waals surface area (Å²) < 4.78 is 5.40. The lowest BCUT2D eigenvalue weighted by Gasteiger charge is -2.12. The number of hydrazone groups is 1. The van der Waals surface area contributed by atoms with Gasteiger partial charge in [0.15, 0.2) is 0 Å². The Balaban J connectivity index is 1.75. The number of aromatic hydroxyl groups is 3. The van der Waals surface area contributed by atoms with Gasteiger partial charge in [0.2, 0.25) is 0 Å². The van der Waals surface area contributed by atoms with Crippen LogP contribution in [0.15, 0.2) is 44.6 Å². The van der Waals surface area contributed by atoms with E-state index in [-0.39, 0.29) is 29.2 Å². The van der Waals surface area contributed by atoms with E-state index < -0.39 is 11.7 Å². The van der Waals surface area contributed by atoms with Crippen LogP contribution in [0.1, 0.15) is 34.7 Å². The van der Waals surface area contributed by atoms with Crippen molar-refractivity contribution in [2.24, 2.45) is 5.10 Å². The quantitative estimate of drug-likeness (QED) is 0.518. The summed E-state index contributed by atoms with van der Waals surface area (Å²) in [6.45, 7) is 3.82. The van der Waals surface area contributed by atoms with Gasteiger partial charge in [0.05, 0.1) is 17.1 Å². The van der Waals surface area contributed by atoms with Crippen molar-refractivity contribution in [1.82, 2.24) is 5.43 Å². The molecule has 7 heteroatoms. The molecule has 0 spiro atoms. The lowest BCUT2D eigenvalue weighted by Crippen LogP contribution is -2.15. The van der Waals surface area contributed by atoms with Crippen LogP contribution < -0.4 is 11.1 Å². The fraction of sp³-hybridized carbons (Fsp3) is 0.200. The Labute approximate surface area is 154 Å². The van der Waals surface area contributed by atoms with Gasteiger partial charge in [-0.15, -0.1) is 0 Å². The third-order valence-corrected chi connectivity index (χ3v) is 4.93. The maximum atomic E-state index is 12.5. The van der Waals surface area contributed by atoms with E-state index in [9.17, 15) is 20.1 Å². The number of phenolic OH excluding ortho intramolecular Hbond substituents is 2. The molecule has 7 nitrogen and oxygen atoms in total. The number of fused-ring (bicyclic) bond motifs is 1. The highest BCUT2D eigenvalue weighted by Gasteiger charge is 2.28. The molecule has 1 unspecified atom stereocenters. The van der Waals surface area contributed by atoms with Crippen LogP contribution in [0.5, 0.6) is 17.2 Å². The van der Waals surface area contributed by atoms with Crippen LogP contribution in [0.25, 0.3) is 11.0 Å². The number of hydrogen-bond acceptors (Lipinski definition) is 7. The van der Waals surface area contributed by atoms with Crippen LogP contribution in [0.2, 0.25) is 0 Å². The Hall–Kier alpha value is -3.48. The lowest BCUT2D eigenvalue weighted by molar-refractivity contribution is 0.438. The molecule has 4 N–H and O–H groups in total. The molecule has 4 rings (SSSR count). The second-order valence-corrected chi connectivity index (χ2v) is 6.73. The number of benzene rings is 2. The highest BCUT2D eigenvalue weighted by molar-refractivity contribution is 6.07. The second kappa shape index (κ2) is 6.05. The van der Waals surface area contributed by atoms with Crippen molar-refractivity contribution < 1.29 is 19.7 Å². The molecule has 1 aliphatic heterocycles. The molecule has 0 saturated heterocycles. The molecule has 0 saturated carbocycles. The van der Waals surface area contributed by atoms with E-state index >= 15 is 0 Å². The third kappa shape index (κ3) is 2.77. The van der Waals surface area contributed by atoms with Crippen LogP contribution in [0.4, 0.5) is 0 Å². The van der Waals surface area contributed by atoms with Crippen LogP contribution in [0, 0.1) is 13.8 Å². The van der Waals surface area contributed by atoms with Crippen molar-refractivity contribution in [3.8, 4) is 17.2 Å². The Morgan fingerprint density at radius 1 is 1.11 bits per heavy atom. The van der Waals surface area contributed by atoms with Gasteiger partial charge in [0.1, 0.15) is 28.4 Å². The molecular weight excluding hydrogens is 348 g/mol. The highest BCUT2D eigenvalue weighted by atomic mass is 16.4. The molecule has 27 heavy (non-hydrogen) atoms. The minimum Gasteiger partial charge on any atom is -0.508 e. The van der Waals surface area contributed by atoms with E-state index in [1.165, 1.54) is 12.1 Å². The first-order valence-corrected chi connectivity index (χ1v) is 8.46. The van der Waals surface area contributed by atoms with Gasteiger partial charge in [0.25, 0.3) is 0 Å². The Kier molecular flexibility index (Phi) is 3.80. The Morgan fingerprint density at radius 2 is 1.85 bits per heavy atom. The summed E-state index contributed by atoms with van der Waals surface area (Å²) >= 11 is 0. The molecular formula is C20H18N2O5. The number of nitrogens with one attached hydrogen (secondary N) is 1. The lowest BCUT2D eigenvalue weighted by atomic mass is 9.97. The van der Waals surface area contributed by atoms with E-state index in [0.717, 1.165) is 11.1 Å². The minimum atomic E-state index is -0.667. The van der Waals surface area contributed by atoms with Crippen LogP contribution in [0.3, 0.4) is 0 Å². The highest BCUT2D eigenvalue weighted by Crippen LogP contribution is 2.35. The van der Waals surface area contributed by atoms with Gasteiger partial charge < -0.3 is 25.2 Å². The van der Waals surface area contributed by atoms with Gasteiger partial charge in [-0.25, -0.2) is 4.79 Å². The van der Waals surface area contributed by atoms with Crippen molar-refractivity contribution >= 4 is 16.7 Å². The molecule has 138 valence electrons. The van der Waals surface area contributed by atoms with Gasteiger partial charge in [-0.05, 0) is 49.2 Å². The predicted molar refractivity (Wildman–Crippen MR) is 100 cm³/mol. The van der Waals surface area contributed by atoms with Gasteiger partial charge >= 0.3 is 5.63 Å². The Bertz CT molecular complexity index is 1160. The van der Waals surface area contributed by atoms with Crippen LogP contribution >= 0.6 is 0 Å². The smallest absolute Gasteiger partial charge is 0.349 e. The van der Waals surface area contributed by atoms with Crippen molar-refractivity contribution in [3.63, 3.8) is 0 Å². The molecule has 2 aromatic carbocycles. The molecule has 0 fully saturated rings. The van der Waals surface area contributed by atoms with Crippen LogP contribution in [-0.2, 0) is 0 Å². The average Bonchev–Trinajstić information content (AvgIpc) is 3.06. The normalized spacial score (nSPS) is 16.4. The standard InChI is InChI=1S/C20H18N2O5/c1-9-5-13-17(6-10(9)2)27-20(26)18(19(13)25)15-8-14(21-22-15)12-4-3-11(23)7-16(12)24/h3-7,14,21,23-25H,8H2,1-2H3. The van der Waals surface area contributed by atoms with Crippen LogP contribution in [-0.4, -0.2) is 21.0 Å². The van der Waals surface area contributed by atoms with E-state index in [4.69, 9.17) is 4.42 Å². The second-order valence-electron chi connectivity index (χ2n) is 6.73.